The minimum atomic E-state index is -0.0289. The van der Waals surface area contributed by atoms with E-state index in [2.05, 4.69) is 17.1 Å². The Morgan fingerprint density at radius 1 is 1.25 bits per heavy atom. The van der Waals surface area contributed by atoms with Crippen LogP contribution in [0.15, 0.2) is 0 Å². The number of nitrogens with zero attached hydrogens (tertiary/aromatic N) is 1. The van der Waals surface area contributed by atoms with Gasteiger partial charge in [-0.15, -0.1) is 0 Å². The number of hydrogen-bond donors (Lipinski definition) is 1. The van der Waals surface area contributed by atoms with Crippen molar-refractivity contribution >= 4 is 5.97 Å². The largest absolute Gasteiger partial charge is 0.465 e. The Kier molecular flexibility index (Phi) is 6.30. The van der Waals surface area contributed by atoms with Crippen molar-refractivity contribution in [3.63, 3.8) is 0 Å². The first-order valence-corrected chi connectivity index (χ1v) is 8.38. The van der Waals surface area contributed by atoms with Crippen LogP contribution in [0, 0.1) is 5.92 Å². The van der Waals surface area contributed by atoms with Gasteiger partial charge in [0, 0.05) is 19.1 Å². The van der Waals surface area contributed by atoms with Gasteiger partial charge in [0.25, 0.3) is 0 Å². The lowest BCUT2D eigenvalue weighted by atomic mass is 10.0. The molecular weight excluding hydrogens is 252 g/mol. The molecule has 20 heavy (non-hydrogen) atoms. The molecule has 0 amide bonds. The first kappa shape index (κ1) is 15.8. The van der Waals surface area contributed by atoms with E-state index in [1.807, 2.05) is 6.92 Å². The van der Waals surface area contributed by atoms with Gasteiger partial charge in [0.2, 0.25) is 0 Å². The number of esters is 1. The third kappa shape index (κ3) is 4.74. The number of hydrogen-bond acceptors (Lipinski definition) is 4. The molecule has 1 heterocycles. The van der Waals surface area contributed by atoms with Gasteiger partial charge in [-0.3, -0.25) is 9.69 Å². The molecule has 0 aromatic carbocycles. The molecule has 0 spiro atoms. The van der Waals surface area contributed by atoms with Crippen LogP contribution in [-0.2, 0) is 9.53 Å². The van der Waals surface area contributed by atoms with E-state index in [1.54, 1.807) is 0 Å². The second kappa shape index (κ2) is 7.99. The standard InChI is InChI=1S/C16H30N2O2/c1-3-5-15(16(19)20-4-2)18-10-8-14(9-11-18)17-12-13-6-7-13/h13-15,17H,3-12H2,1-2H3. The molecule has 1 atom stereocenters. The Hall–Kier alpha value is -0.610. The van der Waals surface area contributed by atoms with Gasteiger partial charge in [0.05, 0.1) is 6.61 Å². The van der Waals surface area contributed by atoms with Gasteiger partial charge in [-0.05, 0) is 51.5 Å². The average Bonchev–Trinajstić information content (AvgIpc) is 3.28. The highest BCUT2D eigenvalue weighted by molar-refractivity contribution is 5.75. The van der Waals surface area contributed by atoms with Crippen molar-refractivity contribution < 1.29 is 9.53 Å². The van der Waals surface area contributed by atoms with Crippen LogP contribution in [0.25, 0.3) is 0 Å². The molecule has 2 aliphatic rings. The monoisotopic (exact) mass is 282 g/mol. The Balaban J connectivity index is 1.75. The SMILES string of the molecule is CCCC(C(=O)OCC)N1CCC(NCC2CC2)CC1. The summed E-state index contributed by atoms with van der Waals surface area (Å²) in [6.07, 6.45) is 7.08. The van der Waals surface area contributed by atoms with E-state index in [-0.39, 0.29) is 12.0 Å². The molecular formula is C16H30N2O2. The molecule has 2 rings (SSSR count). The summed E-state index contributed by atoms with van der Waals surface area (Å²) in [6, 6.07) is 0.626. The van der Waals surface area contributed by atoms with Gasteiger partial charge in [-0.25, -0.2) is 0 Å². The zero-order valence-corrected chi connectivity index (χ0v) is 13.1. The van der Waals surface area contributed by atoms with E-state index in [4.69, 9.17) is 4.74 Å². The molecule has 116 valence electrons. The van der Waals surface area contributed by atoms with Crippen LogP contribution in [0.2, 0.25) is 0 Å². The van der Waals surface area contributed by atoms with Crippen LogP contribution >= 0.6 is 0 Å². The van der Waals surface area contributed by atoms with E-state index >= 15 is 0 Å². The quantitative estimate of drug-likeness (QED) is 0.693. The van der Waals surface area contributed by atoms with Crippen molar-refractivity contribution in [3.8, 4) is 0 Å². The smallest absolute Gasteiger partial charge is 0.323 e. The highest BCUT2D eigenvalue weighted by Crippen LogP contribution is 2.28. The van der Waals surface area contributed by atoms with Gasteiger partial charge in [0.15, 0.2) is 0 Å². The van der Waals surface area contributed by atoms with Gasteiger partial charge in [0.1, 0.15) is 6.04 Å². The van der Waals surface area contributed by atoms with Crippen molar-refractivity contribution in [2.75, 3.05) is 26.2 Å². The molecule has 1 saturated heterocycles. The molecule has 4 heteroatoms. The van der Waals surface area contributed by atoms with Crippen molar-refractivity contribution in [1.29, 1.82) is 0 Å². The summed E-state index contributed by atoms with van der Waals surface area (Å²) in [4.78, 5) is 14.4. The molecule has 0 bridgehead atoms. The van der Waals surface area contributed by atoms with E-state index in [0.717, 1.165) is 44.7 Å². The molecule has 0 aromatic rings. The van der Waals surface area contributed by atoms with Crippen LogP contribution in [0.4, 0.5) is 0 Å². The Bertz CT molecular complexity index is 297. The highest BCUT2D eigenvalue weighted by atomic mass is 16.5. The van der Waals surface area contributed by atoms with Gasteiger partial charge >= 0.3 is 5.97 Å². The van der Waals surface area contributed by atoms with Crippen LogP contribution in [-0.4, -0.2) is 49.2 Å². The van der Waals surface area contributed by atoms with Crippen LogP contribution in [0.1, 0.15) is 52.4 Å². The number of nitrogens with one attached hydrogen (secondary N) is 1. The van der Waals surface area contributed by atoms with E-state index in [9.17, 15) is 4.79 Å². The molecule has 1 aliphatic carbocycles. The fourth-order valence-corrected chi connectivity index (χ4v) is 3.03. The molecule has 1 N–H and O–H groups in total. The van der Waals surface area contributed by atoms with E-state index in [0.29, 0.717) is 12.6 Å². The molecule has 1 saturated carbocycles. The minimum Gasteiger partial charge on any atom is -0.465 e. The molecule has 2 fully saturated rings. The molecule has 4 nitrogen and oxygen atoms in total. The normalized spacial score (nSPS) is 22.7. The summed E-state index contributed by atoms with van der Waals surface area (Å²) in [7, 11) is 0. The predicted molar refractivity (Wildman–Crippen MR) is 80.7 cm³/mol. The Labute approximate surface area is 123 Å². The third-order valence-corrected chi connectivity index (χ3v) is 4.48. The minimum absolute atomic E-state index is 0.0238. The van der Waals surface area contributed by atoms with Crippen LogP contribution in [0.3, 0.4) is 0 Å². The maximum absolute atomic E-state index is 12.1. The maximum Gasteiger partial charge on any atom is 0.323 e. The van der Waals surface area contributed by atoms with Gasteiger partial charge in [-0.1, -0.05) is 13.3 Å². The predicted octanol–water partition coefficient (Wildman–Crippen LogP) is 2.18. The Morgan fingerprint density at radius 3 is 2.50 bits per heavy atom. The topological polar surface area (TPSA) is 41.6 Å². The summed E-state index contributed by atoms with van der Waals surface area (Å²) < 4.78 is 5.23. The number of piperidine rings is 1. The van der Waals surface area contributed by atoms with Gasteiger partial charge < -0.3 is 10.1 Å². The van der Waals surface area contributed by atoms with Crippen molar-refractivity contribution in [2.45, 2.75) is 64.5 Å². The van der Waals surface area contributed by atoms with Gasteiger partial charge in [-0.2, -0.15) is 0 Å². The first-order valence-electron chi connectivity index (χ1n) is 8.38. The van der Waals surface area contributed by atoms with Crippen molar-refractivity contribution in [2.24, 2.45) is 5.92 Å². The van der Waals surface area contributed by atoms with Crippen LogP contribution < -0.4 is 5.32 Å². The summed E-state index contributed by atoms with van der Waals surface area (Å²) >= 11 is 0. The third-order valence-electron chi connectivity index (χ3n) is 4.48. The fourth-order valence-electron chi connectivity index (χ4n) is 3.03. The molecule has 1 unspecified atom stereocenters. The zero-order chi connectivity index (χ0) is 14.4. The number of carbonyl (C=O) groups is 1. The first-order chi connectivity index (χ1) is 9.74. The fraction of sp³-hybridized carbons (Fsp3) is 0.938. The summed E-state index contributed by atoms with van der Waals surface area (Å²) in [5.41, 5.74) is 0. The second-order valence-corrected chi connectivity index (χ2v) is 6.22. The summed E-state index contributed by atoms with van der Waals surface area (Å²) in [5.74, 6) is 0.916. The van der Waals surface area contributed by atoms with Crippen molar-refractivity contribution in [1.82, 2.24) is 10.2 Å². The highest BCUT2D eigenvalue weighted by Gasteiger charge is 2.30. The molecule has 0 radical (unpaired) electrons. The zero-order valence-electron chi connectivity index (χ0n) is 13.1. The molecule has 0 aromatic heterocycles. The Morgan fingerprint density at radius 2 is 1.95 bits per heavy atom. The number of likely N-dealkylation sites (tertiary alicyclic amines) is 1. The van der Waals surface area contributed by atoms with E-state index < -0.39 is 0 Å². The second-order valence-electron chi connectivity index (χ2n) is 6.22. The maximum atomic E-state index is 12.1. The van der Waals surface area contributed by atoms with Crippen LogP contribution in [0.5, 0.6) is 0 Å². The lowest BCUT2D eigenvalue weighted by molar-refractivity contribution is -0.150. The molecule has 1 aliphatic heterocycles. The lowest BCUT2D eigenvalue weighted by Gasteiger charge is -2.36. The number of carbonyl (C=O) groups excluding carboxylic acids is 1. The van der Waals surface area contributed by atoms with Crippen molar-refractivity contribution in [3.05, 3.63) is 0 Å². The summed E-state index contributed by atoms with van der Waals surface area (Å²) in [5, 5.41) is 3.69. The summed E-state index contributed by atoms with van der Waals surface area (Å²) in [6.45, 7) is 7.74. The lowest BCUT2D eigenvalue weighted by Crippen LogP contribution is -2.50. The number of rotatable bonds is 8. The number of ether oxygens (including phenoxy) is 1. The average molecular weight is 282 g/mol. The van der Waals surface area contributed by atoms with E-state index in [1.165, 1.54) is 19.4 Å².